The van der Waals surface area contributed by atoms with E-state index in [0.717, 1.165) is 25.9 Å². The van der Waals surface area contributed by atoms with Crippen molar-refractivity contribution in [2.24, 2.45) is 0 Å². The molecule has 0 saturated carbocycles. The van der Waals surface area contributed by atoms with Crippen molar-refractivity contribution in [3.05, 3.63) is 59.7 Å². The summed E-state index contributed by atoms with van der Waals surface area (Å²) in [6, 6.07) is 11.1. The summed E-state index contributed by atoms with van der Waals surface area (Å²) in [5.41, 5.74) is 0.832. The fourth-order valence-electron chi connectivity index (χ4n) is 2.60. The molecule has 4 heteroatoms. The molecule has 1 fully saturated rings. The van der Waals surface area contributed by atoms with Crippen molar-refractivity contribution in [3.8, 4) is 11.1 Å². The minimum atomic E-state index is -0.728. The van der Waals surface area contributed by atoms with E-state index in [1.807, 2.05) is 0 Å². The van der Waals surface area contributed by atoms with Crippen molar-refractivity contribution >= 4 is 5.91 Å². The molecule has 0 bridgehead atoms. The van der Waals surface area contributed by atoms with Crippen LogP contribution in [0.2, 0.25) is 0 Å². The smallest absolute Gasteiger partial charge is 0.253 e. The molecular weight excluding hydrogens is 272 g/mol. The quantitative estimate of drug-likeness (QED) is 0.825. The number of likely N-dealkylation sites (tertiary alicyclic amines) is 1. The molecule has 1 amide bonds. The van der Waals surface area contributed by atoms with Gasteiger partial charge in [-0.05, 0) is 42.7 Å². The fourth-order valence-corrected chi connectivity index (χ4v) is 2.60. The lowest BCUT2D eigenvalue weighted by Gasteiger charge is -2.15. The van der Waals surface area contributed by atoms with E-state index in [4.69, 9.17) is 0 Å². The van der Waals surface area contributed by atoms with Crippen molar-refractivity contribution < 1.29 is 13.6 Å². The Morgan fingerprint density at radius 1 is 1.05 bits per heavy atom. The van der Waals surface area contributed by atoms with E-state index in [1.165, 1.54) is 12.1 Å². The van der Waals surface area contributed by atoms with Gasteiger partial charge in [0.05, 0.1) is 5.56 Å². The van der Waals surface area contributed by atoms with Crippen molar-refractivity contribution in [1.29, 1.82) is 0 Å². The Balaban J connectivity index is 1.89. The van der Waals surface area contributed by atoms with Gasteiger partial charge in [-0.3, -0.25) is 4.79 Å². The van der Waals surface area contributed by atoms with E-state index in [0.29, 0.717) is 11.1 Å². The first-order valence-corrected chi connectivity index (χ1v) is 6.92. The predicted octanol–water partition coefficient (Wildman–Crippen LogP) is 3.67. The zero-order valence-corrected chi connectivity index (χ0v) is 11.4. The number of hydrogen-bond acceptors (Lipinski definition) is 1. The van der Waals surface area contributed by atoms with Crippen LogP contribution < -0.4 is 0 Å². The summed E-state index contributed by atoms with van der Waals surface area (Å²) in [6.45, 7) is 1.55. The first-order chi connectivity index (χ1) is 10.2. The number of benzene rings is 2. The molecule has 2 aromatic carbocycles. The van der Waals surface area contributed by atoms with E-state index in [9.17, 15) is 13.6 Å². The molecule has 107 valence electrons. The molecular formula is C17H14F2NO. The van der Waals surface area contributed by atoms with Crippen LogP contribution in [-0.4, -0.2) is 23.9 Å². The predicted molar refractivity (Wildman–Crippen MR) is 75.8 cm³/mol. The summed E-state index contributed by atoms with van der Waals surface area (Å²) in [5.74, 6) is -1.39. The van der Waals surface area contributed by atoms with Crippen LogP contribution in [0.1, 0.15) is 23.2 Å². The van der Waals surface area contributed by atoms with Gasteiger partial charge in [-0.2, -0.15) is 0 Å². The summed E-state index contributed by atoms with van der Waals surface area (Å²) >= 11 is 0. The highest BCUT2D eigenvalue weighted by atomic mass is 19.1. The lowest BCUT2D eigenvalue weighted by atomic mass is 10.0. The summed E-state index contributed by atoms with van der Waals surface area (Å²) < 4.78 is 27.4. The van der Waals surface area contributed by atoms with Crippen LogP contribution in [0.15, 0.2) is 36.4 Å². The Kier molecular flexibility index (Phi) is 3.69. The van der Waals surface area contributed by atoms with Gasteiger partial charge in [0.25, 0.3) is 5.91 Å². The second kappa shape index (κ2) is 5.64. The maximum atomic E-state index is 13.7. The lowest BCUT2D eigenvalue weighted by Crippen LogP contribution is -2.27. The summed E-state index contributed by atoms with van der Waals surface area (Å²) in [4.78, 5) is 14.0. The van der Waals surface area contributed by atoms with Gasteiger partial charge in [0.2, 0.25) is 0 Å². The van der Waals surface area contributed by atoms with Crippen LogP contribution in [0.5, 0.6) is 0 Å². The number of carbonyl (C=O) groups excluding carboxylic acids is 1. The lowest BCUT2D eigenvalue weighted by molar-refractivity contribution is 0.0793. The molecule has 2 aromatic rings. The maximum absolute atomic E-state index is 13.7. The molecule has 1 aliphatic heterocycles. The Morgan fingerprint density at radius 3 is 2.33 bits per heavy atom. The number of rotatable bonds is 2. The van der Waals surface area contributed by atoms with Gasteiger partial charge in [-0.25, -0.2) is 8.78 Å². The molecule has 1 saturated heterocycles. The molecule has 0 unspecified atom stereocenters. The molecule has 3 rings (SSSR count). The highest BCUT2D eigenvalue weighted by Crippen LogP contribution is 2.26. The third-order valence-corrected chi connectivity index (χ3v) is 3.71. The van der Waals surface area contributed by atoms with Crippen molar-refractivity contribution in [1.82, 2.24) is 4.90 Å². The third kappa shape index (κ3) is 2.66. The van der Waals surface area contributed by atoms with E-state index < -0.39 is 11.6 Å². The Bertz CT molecular complexity index is 641. The van der Waals surface area contributed by atoms with Crippen LogP contribution >= 0.6 is 0 Å². The van der Waals surface area contributed by atoms with Crippen molar-refractivity contribution in [2.45, 2.75) is 12.8 Å². The van der Waals surface area contributed by atoms with Crippen LogP contribution in [-0.2, 0) is 0 Å². The molecule has 1 heterocycles. The van der Waals surface area contributed by atoms with E-state index in [2.05, 4.69) is 6.07 Å². The minimum Gasteiger partial charge on any atom is -0.339 e. The number of hydrogen-bond donors (Lipinski definition) is 0. The monoisotopic (exact) mass is 286 g/mol. The molecule has 2 nitrogen and oxygen atoms in total. The largest absolute Gasteiger partial charge is 0.339 e. The van der Waals surface area contributed by atoms with Gasteiger partial charge in [0.1, 0.15) is 11.6 Å². The van der Waals surface area contributed by atoms with Crippen molar-refractivity contribution in [3.63, 3.8) is 0 Å². The number of halogens is 2. The summed E-state index contributed by atoms with van der Waals surface area (Å²) in [6.07, 6.45) is 2.06. The van der Waals surface area contributed by atoms with E-state index in [1.54, 1.807) is 29.2 Å². The summed E-state index contributed by atoms with van der Waals surface area (Å²) in [7, 11) is 0. The van der Waals surface area contributed by atoms with Gasteiger partial charge in [0.15, 0.2) is 0 Å². The van der Waals surface area contributed by atoms with Gasteiger partial charge in [0, 0.05) is 24.7 Å². The Hall–Kier alpha value is -2.23. The molecule has 21 heavy (non-hydrogen) atoms. The molecule has 0 spiro atoms. The molecule has 1 radical (unpaired) electrons. The average molecular weight is 286 g/mol. The normalized spacial score (nSPS) is 14.5. The first-order valence-electron chi connectivity index (χ1n) is 6.92. The second-order valence-corrected chi connectivity index (χ2v) is 5.09. The highest BCUT2D eigenvalue weighted by molar-refractivity contribution is 5.94. The minimum absolute atomic E-state index is 0.0281. The van der Waals surface area contributed by atoms with E-state index in [-0.39, 0.29) is 11.5 Å². The van der Waals surface area contributed by atoms with Gasteiger partial charge < -0.3 is 4.90 Å². The van der Waals surface area contributed by atoms with Crippen LogP contribution in [0, 0.1) is 17.7 Å². The van der Waals surface area contributed by atoms with E-state index >= 15 is 0 Å². The molecule has 0 aliphatic carbocycles. The molecule has 0 aromatic heterocycles. The highest BCUT2D eigenvalue weighted by Gasteiger charge is 2.19. The van der Waals surface area contributed by atoms with Gasteiger partial charge in [-0.15, -0.1) is 0 Å². The molecule has 0 N–H and O–H groups in total. The zero-order valence-electron chi connectivity index (χ0n) is 11.4. The van der Waals surface area contributed by atoms with Gasteiger partial charge >= 0.3 is 0 Å². The SMILES string of the molecule is O=C(c1ccc(-c2c(F)[c]ccc2F)cc1)N1CCCC1. The fraction of sp³-hybridized carbons (Fsp3) is 0.235. The number of carbonyl (C=O) groups is 1. The summed E-state index contributed by atoms with van der Waals surface area (Å²) in [5, 5.41) is 0. The topological polar surface area (TPSA) is 20.3 Å². The molecule has 1 aliphatic rings. The zero-order chi connectivity index (χ0) is 14.8. The van der Waals surface area contributed by atoms with Gasteiger partial charge in [-0.1, -0.05) is 12.1 Å². The number of amides is 1. The van der Waals surface area contributed by atoms with Crippen molar-refractivity contribution in [2.75, 3.05) is 13.1 Å². The van der Waals surface area contributed by atoms with Crippen LogP contribution in [0.3, 0.4) is 0 Å². The third-order valence-electron chi connectivity index (χ3n) is 3.71. The maximum Gasteiger partial charge on any atom is 0.253 e. The van der Waals surface area contributed by atoms with Crippen LogP contribution in [0.25, 0.3) is 11.1 Å². The molecule has 0 atom stereocenters. The number of nitrogens with zero attached hydrogens (tertiary/aromatic N) is 1. The standard InChI is InChI=1S/C17H14F2NO/c18-14-4-3-5-15(19)16(14)12-6-8-13(9-7-12)17(21)20-10-1-2-11-20/h3-4,6-9H,1-2,10-11H2. The van der Waals surface area contributed by atoms with Crippen LogP contribution in [0.4, 0.5) is 8.78 Å². The second-order valence-electron chi connectivity index (χ2n) is 5.09. The first kappa shape index (κ1) is 13.7. The Morgan fingerprint density at radius 2 is 1.71 bits per heavy atom. The Labute approximate surface area is 122 Å². The average Bonchev–Trinajstić information content (AvgIpc) is 3.01.